The minimum Gasteiger partial charge on any atom is -0.338 e. The van der Waals surface area contributed by atoms with E-state index in [2.05, 4.69) is 0 Å². The molecule has 0 aliphatic carbocycles. The van der Waals surface area contributed by atoms with Crippen LogP contribution in [-0.4, -0.2) is 34.9 Å². The molecule has 6 heteroatoms. The Morgan fingerprint density at radius 1 is 1.53 bits per heavy atom. The minimum atomic E-state index is -0.460. The van der Waals surface area contributed by atoms with Gasteiger partial charge in [-0.2, -0.15) is 0 Å². The van der Waals surface area contributed by atoms with Gasteiger partial charge in [-0.05, 0) is 18.1 Å². The van der Waals surface area contributed by atoms with E-state index in [4.69, 9.17) is 5.73 Å². The molecule has 1 fully saturated rings. The third kappa shape index (κ3) is 3.38. The van der Waals surface area contributed by atoms with Crippen molar-refractivity contribution >= 4 is 17.7 Å². The molecule has 2 rings (SSSR count). The van der Waals surface area contributed by atoms with Gasteiger partial charge in [-0.1, -0.05) is 12.1 Å². The lowest BCUT2D eigenvalue weighted by atomic mass is 10.2. The number of nitro groups is 1. The summed E-state index contributed by atoms with van der Waals surface area (Å²) in [7, 11) is 0. The molecule has 0 saturated carbocycles. The molecule has 1 aromatic carbocycles. The normalized spacial score (nSPS) is 19.0. The van der Waals surface area contributed by atoms with Gasteiger partial charge in [0.05, 0.1) is 4.92 Å². The SMILES string of the molecule is N[C@@H]1CCN(C(=O)/C=C/c2cccc([N+](=O)[O-])c2)C1. The largest absolute Gasteiger partial charge is 0.338 e. The smallest absolute Gasteiger partial charge is 0.270 e. The maximum Gasteiger partial charge on any atom is 0.270 e. The number of benzene rings is 1. The van der Waals surface area contributed by atoms with Gasteiger partial charge in [0, 0.05) is 37.3 Å². The summed E-state index contributed by atoms with van der Waals surface area (Å²) in [6.45, 7) is 1.23. The van der Waals surface area contributed by atoms with Gasteiger partial charge in [-0.15, -0.1) is 0 Å². The lowest BCUT2D eigenvalue weighted by Crippen LogP contribution is -2.30. The summed E-state index contributed by atoms with van der Waals surface area (Å²) in [6, 6.07) is 6.20. The van der Waals surface area contributed by atoms with E-state index in [0.29, 0.717) is 18.7 Å². The third-order valence-electron chi connectivity index (χ3n) is 3.04. The molecule has 0 aromatic heterocycles. The lowest BCUT2D eigenvalue weighted by molar-refractivity contribution is -0.384. The topological polar surface area (TPSA) is 89.5 Å². The van der Waals surface area contributed by atoms with Crippen molar-refractivity contribution in [3.63, 3.8) is 0 Å². The second kappa shape index (κ2) is 5.62. The van der Waals surface area contributed by atoms with E-state index in [1.807, 2.05) is 0 Å². The number of nitro benzene ring substituents is 1. The monoisotopic (exact) mass is 261 g/mol. The summed E-state index contributed by atoms with van der Waals surface area (Å²) in [5, 5.41) is 10.6. The Bertz CT molecular complexity index is 528. The Kier molecular flexibility index (Phi) is 3.91. The number of rotatable bonds is 3. The van der Waals surface area contributed by atoms with Crippen LogP contribution in [0, 0.1) is 10.1 Å². The Hall–Kier alpha value is -2.21. The highest BCUT2D eigenvalue weighted by Crippen LogP contribution is 2.14. The standard InChI is InChI=1S/C13H15N3O3/c14-11-6-7-15(9-11)13(17)5-4-10-2-1-3-12(8-10)16(18)19/h1-5,8,11H,6-7,9,14H2/b5-4+/t11-/m1/s1. The van der Waals surface area contributed by atoms with Crippen molar-refractivity contribution in [2.75, 3.05) is 13.1 Å². The summed E-state index contributed by atoms with van der Waals surface area (Å²) >= 11 is 0. The first kappa shape index (κ1) is 13.2. The molecule has 1 atom stereocenters. The van der Waals surface area contributed by atoms with Crippen molar-refractivity contribution in [1.82, 2.24) is 4.90 Å². The van der Waals surface area contributed by atoms with Gasteiger partial charge < -0.3 is 10.6 Å². The zero-order valence-corrected chi connectivity index (χ0v) is 10.4. The van der Waals surface area contributed by atoms with E-state index in [1.54, 1.807) is 23.1 Å². The van der Waals surface area contributed by atoms with Crippen LogP contribution in [0.25, 0.3) is 6.08 Å². The average molecular weight is 261 g/mol. The van der Waals surface area contributed by atoms with E-state index in [9.17, 15) is 14.9 Å². The van der Waals surface area contributed by atoms with Crippen molar-refractivity contribution in [2.24, 2.45) is 5.73 Å². The number of nitrogens with zero attached hydrogens (tertiary/aromatic N) is 2. The van der Waals surface area contributed by atoms with Gasteiger partial charge in [-0.3, -0.25) is 14.9 Å². The van der Waals surface area contributed by atoms with Crippen LogP contribution in [-0.2, 0) is 4.79 Å². The number of amides is 1. The van der Waals surface area contributed by atoms with Crippen LogP contribution in [0.15, 0.2) is 30.3 Å². The molecular formula is C13H15N3O3. The molecule has 1 aromatic rings. The zero-order chi connectivity index (χ0) is 13.8. The molecule has 100 valence electrons. The van der Waals surface area contributed by atoms with Crippen molar-refractivity contribution < 1.29 is 9.72 Å². The molecule has 1 saturated heterocycles. The first-order chi connectivity index (χ1) is 9.06. The van der Waals surface area contributed by atoms with E-state index in [0.717, 1.165) is 6.42 Å². The van der Waals surface area contributed by atoms with Crippen LogP contribution in [0.3, 0.4) is 0 Å². The maximum atomic E-state index is 11.8. The highest BCUT2D eigenvalue weighted by atomic mass is 16.6. The fraction of sp³-hybridized carbons (Fsp3) is 0.308. The zero-order valence-electron chi connectivity index (χ0n) is 10.4. The van der Waals surface area contributed by atoms with Gasteiger partial charge in [-0.25, -0.2) is 0 Å². The highest BCUT2D eigenvalue weighted by molar-refractivity contribution is 5.92. The Morgan fingerprint density at radius 3 is 2.95 bits per heavy atom. The number of carbonyl (C=O) groups excluding carboxylic acids is 1. The molecule has 1 heterocycles. The first-order valence-electron chi connectivity index (χ1n) is 6.03. The van der Waals surface area contributed by atoms with Gasteiger partial charge in [0.25, 0.3) is 5.69 Å². The second-order valence-electron chi connectivity index (χ2n) is 4.52. The molecule has 0 bridgehead atoms. The summed E-state index contributed by atoms with van der Waals surface area (Å²) < 4.78 is 0. The van der Waals surface area contributed by atoms with Crippen LogP contribution < -0.4 is 5.73 Å². The van der Waals surface area contributed by atoms with E-state index < -0.39 is 4.92 Å². The number of hydrogen-bond donors (Lipinski definition) is 1. The molecular weight excluding hydrogens is 246 g/mol. The molecule has 2 N–H and O–H groups in total. The maximum absolute atomic E-state index is 11.8. The summed E-state index contributed by atoms with van der Waals surface area (Å²) in [5.41, 5.74) is 6.37. The van der Waals surface area contributed by atoms with Crippen LogP contribution in [0.4, 0.5) is 5.69 Å². The summed E-state index contributed by atoms with van der Waals surface area (Å²) in [5.74, 6) is -0.112. The predicted octanol–water partition coefficient (Wildman–Crippen LogP) is 1.17. The summed E-state index contributed by atoms with van der Waals surface area (Å²) in [4.78, 5) is 23.7. The van der Waals surface area contributed by atoms with Crippen molar-refractivity contribution in [3.8, 4) is 0 Å². The molecule has 6 nitrogen and oxygen atoms in total. The third-order valence-corrected chi connectivity index (χ3v) is 3.04. The quantitative estimate of drug-likeness (QED) is 0.502. The number of carbonyl (C=O) groups is 1. The van der Waals surface area contributed by atoms with Crippen molar-refractivity contribution in [2.45, 2.75) is 12.5 Å². The van der Waals surface area contributed by atoms with Crippen LogP contribution in [0.2, 0.25) is 0 Å². The van der Waals surface area contributed by atoms with Crippen LogP contribution in [0.5, 0.6) is 0 Å². The van der Waals surface area contributed by atoms with E-state index in [-0.39, 0.29) is 17.6 Å². The van der Waals surface area contributed by atoms with Crippen LogP contribution in [0.1, 0.15) is 12.0 Å². The molecule has 1 amide bonds. The number of hydrogen-bond acceptors (Lipinski definition) is 4. The fourth-order valence-electron chi connectivity index (χ4n) is 2.00. The van der Waals surface area contributed by atoms with Crippen LogP contribution >= 0.6 is 0 Å². The lowest BCUT2D eigenvalue weighted by Gasteiger charge is -2.12. The summed E-state index contributed by atoms with van der Waals surface area (Å²) in [6.07, 6.45) is 3.83. The molecule has 0 radical (unpaired) electrons. The van der Waals surface area contributed by atoms with E-state index in [1.165, 1.54) is 18.2 Å². The Labute approximate surface area is 110 Å². The number of non-ortho nitro benzene ring substituents is 1. The highest BCUT2D eigenvalue weighted by Gasteiger charge is 2.21. The molecule has 0 spiro atoms. The number of nitrogens with two attached hydrogens (primary N) is 1. The molecule has 1 aliphatic heterocycles. The minimum absolute atomic E-state index is 0.0118. The Morgan fingerprint density at radius 2 is 2.32 bits per heavy atom. The second-order valence-corrected chi connectivity index (χ2v) is 4.52. The van der Waals surface area contributed by atoms with E-state index >= 15 is 0 Å². The Balaban J connectivity index is 2.04. The number of likely N-dealkylation sites (tertiary alicyclic amines) is 1. The molecule has 0 unspecified atom stereocenters. The van der Waals surface area contributed by atoms with Gasteiger partial charge in [0.15, 0.2) is 0 Å². The first-order valence-corrected chi connectivity index (χ1v) is 6.03. The van der Waals surface area contributed by atoms with Gasteiger partial charge in [0.2, 0.25) is 5.91 Å². The average Bonchev–Trinajstić information content (AvgIpc) is 2.83. The van der Waals surface area contributed by atoms with Gasteiger partial charge in [0.1, 0.15) is 0 Å². The van der Waals surface area contributed by atoms with Gasteiger partial charge >= 0.3 is 0 Å². The van der Waals surface area contributed by atoms with Crippen molar-refractivity contribution in [1.29, 1.82) is 0 Å². The van der Waals surface area contributed by atoms with Crippen molar-refractivity contribution in [3.05, 3.63) is 46.0 Å². The molecule has 1 aliphatic rings. The predicted molar refractivity (Wildman–Crippen MR) is 71.3 cm³/mol. The fourth-order valence-corrected chi connectivity index (χ4v) is 2.00. The molecule has 19 heavy (non-hydrogen) atoms.